The van der Waals surface area contributed by atoms with E-state index in [4.69, 9.17) is 4.74 Å². The van der Waals surface area contributed by atoms with Crippen molar-refractivity contribution in [3.8, 4) is 17.3 Å². The average Bonchev–Trinajstić information content (AvgIpc) is 3.27. The molecule has 0 spiro atoms. The van der Waals surface area contributed by atoms with Gasteiger partial charge in [-0.25, -0.2) is 19.6 Å². The molecule has 4 heterocycles. The standard InChI is InChI=1S/C17H19N7O2/c1-3-14(25)24-6-4-11(5-7-24)26-13-9-19-16-15(22-13)12(8-18-16)17-20-10-21-23(17)2/h3,8-11H,1,4-7H2,2H3,(H,18,19). The molecule has 26 heavy (non-hydrogen) atoms. The van der Waals surface area contributed by atoms with E-state index in [1.54, 1.807) is 15.8 Å². The maximum Gasteiger partial charge on any atom is 0.245 e. The smallest absolute Gasteiger partial charge is 0.245 e. The molecule has 3 aromatic heterocycles. The van der Waals surface area contributed by atoms with E-state index in [1.165, 1.54) is 12.4 Å². The summed E-state index contributed by atoms with van der Waals surface area (Å²) in [5.41, 5.74) is 2.18. The van der Waals surface area contributed by atoms with Gasteiger partial charge in [-0.15, -0.1) is 0 Å². The molecule has 3 aromatic rings. The number of nitrogens with one attached hydrogen (secondary N) is 1. The molecule has 9 heteroatoms. The van der Waals surface area contributed by atoms with Crippen LogP contribution in [0, 0.1) is 0 Å². The first-order chi connectivity index (χ1) is 12.7. The molecule has 0 atom stereocenters. The summed E-state index contributed by atoms with van der Waals surface area (Å²) in [6.07, 6.45) is 7.79. The maximum absolute atomic E-state index is 11.7. The number of aromatic amines is 1. The van der Waals surface area contributed by atoms with Crippen LogP contribution in [0.4, 0.5) is 0 Å². The summed E-state index contributed by atoms with van der Waals surface area (Å²) in [7, 11) is 1.83. The second-order valence-corrected chi connectivity index (χ2v) is 6.16. The van der Waals surface area contributed by atoms with E-state index in [1.807, 2.05) is 13.2 Å². The molecule has 134 valence electrons. The van der Waals surface area contributed by atoms with Gasteiger partial charge in [-0.3, -0.25) is 4.79 Å². The van der Waals surface area contributed by atoms with Crippen LogP contribution < -0.4 is 4.74 Å². The van der Waals surface area contributed by atoms with E-state index < -0.39 is 0 Å². The zero-order chi connectivity index (χ0) is 18.1. The third-order valence-electron chi connectivity index (χ3n) is 4.53. The van der Waals surface area contributed by atoms with Gasteiger partial charge in [-0.2, -0.15) is 5.10 Å². The number of nitrogens with zero attached hydrogens (tertiary/aromatic N) is 6. The number of hydrogen-bond acceptors (Lipinski definition) is 6. The molecular weight excluding hydrogens is 334 g/mol. The number of aryl methyl sites for hydroxylation is 1. The highest BCUT2D eigenvalue weighted by molar-refractivity contribution is 5.88. The topological polar surface area (TPSA) is 102 Å². The van der Waals surface area contributed by atoms with Gasteiger partial charge in [0.05, 0.1) is 11.8 Å². The Bertz CT molecular complexity index is 953. The number of carbonyl (C=O) groups is 1. The van der Waals surface area contributed by atoms with Crippen molar-refractivity contribution in [3.05, 3.63) is 31.4 Å². The van der Waals surface area contributed by atoms with Crippen molar-refractivity contribution in [1.29, 1.82) is 0 Å². The van der Waals surface area contributed by atoms with Crippen LogP contribution in [-0.2, 0) is 11.8 Å². The average molecular weight is 353 g/mol. The lowest BCUT2D eigenvalue weighted by molar-refractivity contribution is -0.127. The third kappa shape index (κ3) is 2.92. The number of ether oxygens (including phenoxy) is 1. The van der Waals surface area contributed by atoms with Gasteiger partial charge in [0.25, 0.3) is 0 Å². The van der Waals surface area contributed by atoms with Gasteiger partial charge in [0.1, 0.15) is 17.9 Å². The molecule has 4 rings (SSSR count). The fraction of sp³-hybridized carbons (Fsp3) is 0.353. The number of rotatable bonds is 4. The monoisotopic (exact) mass is 353 g/mol. The molecule has 1 N–H and O–H groups in total. The quantitative estimate of drug-likeness (QED) is 0.710. The second-order valence-electron chi connectivity index (χ2n) is 6.16. The van der Waals surface area contributed by atoms with Crippen molar-refractivity contribution < 1.29 is 9.53 Å². The first-order valence-corrected chi connectivity index (χ1v) is 8.42. The number of H-pyrrole nitrogens is 1. The van der Waals surface area contributed by atoms with Crippen LogP contribution in [0.15, 0.2) is 31.4 Å². The highest BCUT2D eigenvalue weighted by Crippen LogP contribution is 2.26. The molecule has 0 aromatic carbocycles. The largest absolute Gasteiger partial charge is 0.473 e. The van der Waals surface area contributed by atoms with E-state index in [0.29, 0.717) is 36.0 Å². The molecule has 0 unspecified atom stereocenters. The van der Waals surface area contributed by atoms with E-state index in [2.05, 4.69) is 31.6 Å². The summed E-state index contributed by atoms with van der Waals surface area (Å²) < 4.78 is 7.69. The SMILES string of the molecule is C=CC(=O)N1CCC(Oc2cnc3[nH]cc(-c4ncnn4C)c3n2)CC1. The summed E-state index contributed by atoms with van der Waals surface area (Å²) in [4.78, 5) is 29.8. The van der Waals surface area contributed by atoms with E-state index in [9.17, 15) is 4.79 Å². The summed E-state index contributed by atoms with van der Waals surface area (Å²) in [6.45, 7) is 4.83. The number of carbonyl (C=O) groups excluding carboxylic acids is 1. The predicted molar refractivity (Wildman–Crippen MR) is 94.3 cm³/mol. The molecular formula is C17H19N7O2. The molecule has 0 aliphatic carbocycles. The fourth-order valence-corrected chi connectivity index (χ4v) is 3.14. The van der Waals surface area contributed by atoms with E-state index >= 15 is 0 Å². The lowest BCUT2D eigenvalue weighted by atomic mass is 10.1. The van der Waals surface area contributed by atoms with Gasteiger partial charge >= 0.3 is 0 Å². The van der Waals surface area contributed by atoms with Gasteiger partial charge in [-0.1, -0.05) is 6.58 Å². The first kappa shape index (κ1) is 16.2. The van der Waals surface area contributed by atoms with Crippen LogP contribution >= 0.6 is 0 Å². The molecule has 1 aliphatic rings. The van der Waals surface area contributed by atoms with E-state index in [-0.39, 0.29) is 12.0 Å². The molecule has 0 radical (unpaired) electrons. The van der Waals surface area contributed by atoms with Crippen molar-refractivity contribution in [2.75, 3.05) is 13.1 Å². The Labute approximate surface area is 149 Å². The maximum atomic E-state index is 11.7. The summed E-state index contributed by atoms with van der Waals surface area (Å²) in [5.74, 6) is 1.14. The van der Waals surface area contributed by atoms with Crippen molar-refractivity contribution in [2.24, 2.45) is 7.05 Å². The fourth-order valence-electron chi connectivity index (χ4n) is 3.14. The zero-order valence-electron chi connectivity index (χ0n) is 14.4. The Hall–Kier alpha value is -3.23. The van der Waals surface area contributed by atoms with Gasteiger partial charge < -0.3 is 14.6 Å². The van der Waals surface area contributed by atoms with Crippen LogP contribution in [0.1, 0.15) is 12.8 Å². The minimum Gasteiger partial charge on any atom is -0.473 e. The third-order valence-corrected chi connectivity index (χ3v) is 4.53. The minimum atomic E-state index is -0.0368. The van der Waals surface area contributed by atoms with Gasteiger partial charge in [0.2, 0.25) is 11.8 Å². The van der Waals surface area contributed by atoms with Gasteiger partial charge in [0.15, 0.2) is 11.5 Å². The summed E-state index contributed by atoms with van der Waals surface area (Å²) in [5, 5.41) is 4.10. The number of amides is 1. The number of aromatic nitrogens is 6. The van der Waals surface area contributed by atoms with Gasteiger partial charge in [0, 0.05) is 39.2 Å². The molecule has 1 amide bonds. The molecule has 9 nitrogen and oxygen atoms in total. The molecule has 1 saturated heterocycles. The summed E-state index contributed by atoms with van der Waals surface area (Å²) >= 11 is 0. The molecule has 0 bridgehead atoms. The molecule has 0 saturated carbocycles. The number of likely N-dealkylation sites (tertiary alicyclic amines) is 1. The molecule has 1 fully saturated rings. The molecule has 1 aliphatic heterocycles. The Morgan fingerprint density at radius 3 is 2.88 bits per heavy atom. The van der Waals surface area contributed by atoms with Crippen molar-refractivity contribution in [1.82, 2.24) is 34.6 Å². The second kappa shape index (κ2) is 6.58. The van der Waals surface area contributed by atoms with Crippen molar-refractivity contribution in [3.63, 3.8) is 0 Å². The first-order valence-electron chi connectivity index (χ1n) is 8.42. The number of piperidine rings is 1. The van der Waals surface area contributed by atoms with Crippen LogP contribution in [0.5, 0.6) is 5.88 Å². The van der Waals surface area contributed by atoms with Gasteiger partial charge in [-0.05, 0) is 6.08 Å². The summed E-state index contributed by atoms with van der Waals surface area (Å²) in [6, 6.07) is 0. The number of hydrogen-bond donors (Lipinski definition) is 1. The van der Waals surface area contributed by atoms with Crippen molar-refractivity contribution >= 4 is 17.1 Å². The highest BCUT2D eigenvalue weighted by atomic mass is 16.5. The normalized spacial score (nSPS) is 15.3. The zero-order valence-corrected chi connectivity index (χ0v) is 14.4. The Balaban J connectivity index is 1.52. The van der Waals surface area contributed by atoms with Crippen LogP contribution in [0.2, 0.25) is 0 Å². The van der Waals surface area contributed by atoms with Crippen LogP contribution in [0.3, 0.4) is 0 Å². The Morgan fingerprint density at radius 1 is 1.38 bits per heavy atom. The predicted octanol–water partition coefficient (Wildman–Crippen LogP) is 1.31. The lowest BCUT2D eigenvalue weighted by Gasteiger charge is -2.31. The highest BCUT2D eigenvalue weighted by Gasteiger charge is 2.23. The van der Waals surface area contributed by atoms with Crippen molar-refractivity contribution in [2.45, 2.75) is 18.9 Å². The van der Waals surface area contributed by atoms with Crippen LogP contribution in [-0.4, -0.2) is 59.7 Å². The Morgan fingerprint density at radius 2 is 2.19 bits per heavy atom. The number of fused-ring (bicyclic) bond motifs is 1. The van der Waals surface area contributed by atoms with Crippen LogP contribution in [0.25, 0.3) is 22.6 Å². The minimum absolute atomic E-state index is 0.00725. The Kier molecular flexibility index (Phi) is 4.11. The lowest BCUT2D eigenvalue weighted by Crippen LogP contribution is -2.41. The van der Waals surface area contributed by atoms with E-state index in [0.717, 1.165) is 18.4 Å².